The Labute approximate surface area is 145 Å². The Morgan fingerprint density at radius 3 is 3.12 bits per heavy atom. The van der Waals surface area contributed by atoms with E-state index in [-0.39, 0.29) is 11.9 Å². The molecule has 1 N–H and O–H groups in total. The molecule has 8 heteroatoms. The molecule has 4 heterocycles. The molecule has 0 spiro atoms. The lowest BCUT2D eigenvalue weighted by Gasteiger charge is -2.33. The van der Waals surface area contributed by atoms with E-state index in [2.05, 4.69) is 20.3 Å². The number of hydrogen-bond acceptors (Lipinski definition) is 5. The largest absolute Gasteiger partial charge is 0.467 e. The summed E-state index contributed by atoms with van der Waals surface area (Å²) in [6.45, 7) is 2.52. The first-order chi connectivity index (χ1) is 12.2. The van der Waals surface area contributed by atoms with E-state index in [1.165, 1.54) is 0 Å². The minimum atomic E-state index is -0.308. The number of aromatic nitrogens is 4. The zero-order valence-electron chi connectivity index (χ0n) is 14.0. The number of carbonyl (C=O) groups excluding carboxylic acids is 1. The van der Waals surface area contributed by atoms with Crippen molar-refractivity contribution >= 4 is 5.91 Å². The predicted molar refractivity (Wildman–Crippen MR) is 89.1 cm³/mol. The molecule has 25 heavy (non-hydrogen) atoms. The highest BCUT2D eigenvalue weighted by Crippen LogP contribution is 2.22. The van der Waals surface area contributed by atoms with E-state index in [1.807, 2.05) is 42.3 Å². The molecule has 0 bridgehead atoms. The summed E-state index contributed by atoms with van der Waals surface area (Å²) in [6, 6.07) is 3.35. The highest BCUT2D eigenvalue weighted by atomic mass is 16.3. The molecule has 1 amide bonds. The third-order valence-corrected chi connectivity index (χ3v) is 4.38. The standard InChI is InChI=1S/C17H20N6O2/c1-21-8-13(5-20-21)9-22-10-14-6-18-12-23(14)16(11-22)17(24)19-7-15-3-2-4-25-15/h2-6,8,12,16H,7,9-11H2,1H3,(H,19,24)/t16-/m1/s1. The van der Waals surface area contributed by atoms with E-state index in [0.29, 0.717) is 13.1 Å². The molecule has 130 valence electrons. The van der Waals surface area contributed by atoms with Crippen LogP contribution in [0, 0.1) is 0 Å². The average Bonchev–Trinajstić information content (AvgIpc) is 3.33. The summed E-state index contributed by atoms with van der Waals surface area (Å²) in [6.07, 6.45) is 9.01. The van der Waals surface area contributed by atoms with Crippen molar-refractivity contribution in [1.82, 2.24) is 29.5 Å². The molecule has 0 unspecified atom stereocenters. The molecule has 1 aliphatic rings. The molecule has 0 aliphatic carbocycles. The van der Waals surface area contributed by atoms with Gasteiger partial charge in [0.25, 0.3) is 0 Å². The number of hydrogen-bond donors (Lipinski definition) is 1. The molecule has 8 nitrogen and oxygen atoms in total. The second-order valence-corrected chi connectivity index (χ2v) is 6.30. The van der Waals surface area contributed by atoms with E-state index < -0.39 is 0 Å². The van der Waals surface area contributed by atoms with Crippen molar-refractivity contribution in [2.75, 3.05) is 6.54 Å². The molecule has 0 saturated heterocycles. The maximum Gasteiger partial charge on any atom is 0.244 e. The van der Waals surface area contributed by atoms with Crippen LogP contribution in [0.4, 0.5) is 0 Å². The van der Waals surface area contributed by atoms with E-state index >= 15 is 0 Å². The summed E-state index contributed by atoms with van der Waals surface area (Å²) >= 11 is 0. The molecule has 0 aromatic carbocycles. The van der Waals surface area contributed by atoms with Crippen LogP contribution < -0.4 is 5.32 Å². The van der Waals surface area contributed by atoms with Gasteiger partial charge in [0.1, 0.15) is 11.8 Å². The van der Waals surface area contributed by atoms with Crippen LogP contribution >= 0.6 is 0 Å². The monoisotopic (exact) mass is 340 g/mol. The van der Waals surface area contributed by atoms with Gasteiger partial charge < -0.3 is 14.3 Å². The quantitative estimate of drug-likeness (QED) is 0.752. The third-order valence-electron chi connectivity index (χ3n) is 4.38. The Hall–Kier alpha value is -2.87. The minimum Gasteiger partial charge on any atom is -0.467 e. The summed E-state index contributed by atoms with van der Waals surface area (Å²) in [4.78, 5) is 19.2. The van der Waals surface area contributed by atoms with Crippen LogP contribution in [0.2, 0.25) is 0 Å². The SMILES string of the molecule is Cn1cc(CN2Cc3cncn3[C@@H](C(=O)NCc3ccco3)C2)cn1. The van der Waals surface area contributed by atoms with Gasteiger partial charge in [-0.15, -0.1) is 0 Å². The molecule has 1 atom stereocenters. The first-order valence-corrected chi connectivity index (χ1v) is 8.20. The van der Waals surface area contributed by atoms with E-state index in [1.54, 1.807) is 17.3 Å². The summed E-state index contributed by atoms with van der Waals surface area (Å²) < 4.78 is 9.02. The maximum atomic E-state index is 12.7. The van der Waals surface area contributed by atoms with Gasteiger partial charge in [0, 0.05) is 44.6 Å². The Kier molecular flexibility index (Phi) is 4.10. The number of furan rings is 1. The van der Waals surface area contributed by atoms with E-state index in [9.17, 15) is 4.79 Å². The van der Waals surface area contributed by atoms with Crippen LogP contribution in [-0.4, -0.2) is 36.7 Å². The van der Waals surface area contributed by atoms with Crippen LogP contribution in [0.3, 0.4) is 0 Å². The van der Waals surface area contributed by atoms with Gasteiger partial charge in [-0.1, -0.05) is 0 Å². The van der Waals surface area contributed by atoms with Gasteiger partial charge >= 0.3 is 0 Å². The fourth-order valence-corrected chi connectivity index (χ4v) is 3.21. The molecular weight excluding hydrogens is 320 g/mol. The number of nitrogens with zero attached hydrogens (tertiary/aromatic N) is 5. The fourth-order valence-electron chi connectivity index (χ4n) is 3.21. The fraction of sp³-hybridized carbons (Fsp3) is 0.353. The Morgan fingerprint density at radius 1 is 1.44 bits per heavy atom. The predicted octanol–water partition coefficient (Wildman–Crippen LogP) is 1.08. The third kappa shape index (κ3) is 3.34. The van der Waals surface area contributed by atoms with Crippen LogP contribution in [0.15, 0.2) is 47.7 Å². The van der Waals surface area contributed by atoms with Crippen molar-refractivity contribution in [3.8, 4) is 0 Å². The number of imidazole rings is 1. The van der Waals surface area contributed by atoms with Crippen molar-refractivity contribution < 1.29 is 9.21 Å². The molecule has 0 fully saturated rings. The lowest BCUT2D eigenvalue weighted by Crippen LogP contribution is -2.43. The summed E-state index contributed by atoms with van der Waals surface area (Å²) in [7, 11) is 1.90. The van der Waals surface area contributed by atoms with Crippen molar-refractivity contribution in [3.05, 3.63) is 60.3 Å². The molecular formula is C17H20N6O2. The van der Waals surface area contributed by atoms with Crippen LogP contribution in [0.5, 0.6) is 0 Å². The molecule has 3 aromatic heterocycles. The number of rotatable bonds is 5. The first-order valence-electron chi connectivity index (χ1n) is 8.20. The second kappa shape index (κ2) is 6.56. The van der Waals surface area contributed by atoms with Gasteiger partial charge in [-0.2, -0.15) is 5.10 Å². The Morgan fingerprint density at radius 2 is 2.36 bits per heavy atom. The Balaban J connectivity index is 1.47. The molecule has 3 aromatic rings. The van der Waals surface area contributed by atoms with Gasteiger partial charge in [-0.25, -0.2) is 4.98 Å². The lowest BCUT2D eigenvalue weighted by atomic mass is 10.1. The average molecular weight is 340 g/mol. The summed E-state index contributed by atoms with van der Waals surface area (Å²) in [5, 5.41) is 7.16. The van der Waals surface area contributed by atoms with Crippen LogP contribution in [0.25, 0.3) is 0 Å². The molecule has 0 saturated carbocycles. The van der Waals surface area contributed by atoms with E-state index in [0.717, 1.165) is 30.1 Å². The zero-order valence-corrected chi connectivity index (χ0v) is 14.0. The summed E-state index contributed by atoms with van der Waals surface area (Å²) in [5.74, 6) is 0.703. The Bertz CT molecular complexity index is 850. The number of amides is 1. The van der Waals surface area contributed by atoms with Gasteiger partial charge in [0.05, 0.1) is 31.0 Å². The highest BCUT2D eigenvalue weighted by Gasteiger charge is 2.30. The van der Waals surface area contributed by atoms with Gasteiger partial charge in [0.2, 0.25) is 5.91 Å². The number of carbonyl (C=O) groups is 1. The number of nitrogens with one attached hydrogen (secondary N) is 1. The van der Waals surface area contributed by atoms with Crippen molar-refractivity contribution in [2.45, 2.75) is 25.7 Å². The topological polar surface area (TPSA) is 81.1 Å². The van der Waals surface area contributed by atoms with Crippen molar-refractivity contribution in [2.24, 2.45) is 7.05 Å². The molecule has 4 rings (SSSR count). The highest BCUT2D eigenvalue weighted by molar-refractivity contribution is 5.80. The van der Waals surface area contributed by atoms with E-state index in [4.69, 9.17) is 4.42 Å². The number of aryl methyl sites for hydroxylation is 1. The van der Waals surface area contributed by atoms with Crippen molar-refractivity contribution in [3.63, 3.8) is 0 Å². The maximum absolute atomic E-state index is 12.7. The first kappa shape index (κ1) is 15.6. The smallest absolute Gasteiger partial charge is 0.244 e. The van der Waals surface area contributed by atoms with Crippen LogP contribution in [-0.2, 0) is 31.5 Å². The van der Waals surface area contributed by atoms with Crippen molar-refractivity contribution in [1.29, 1.82) is 0 Å². The van der Waals surface area contributed by atoms with Gasteiger partial charge in [-0.05, 0) is 12.1 Å². The molecule has 1 aliphatic heterocycles. The lowest BCUT2D eigenvalue weighted by molar-refractivity contribution is -0.125. The van der Waals surface area contributed by atoms with Crippen LogP contribution in [0.1, 0.15) is 23.1 Å². The molecule has 0 radical (unpaired) electrons. The second-order valence-electron chi connectivity index (χ2n) is 6.30. The normalized spacial score (nSPS) is 17.4. The van der Waals surface area contributed by atoms with Gasteiger partial charge in [0.15, 0.2) is 0 Å². The van der Waals surface area contributed by atoms with Gasteiger partial charge in [-0.3, -0.25) is 14.4 Å². The summed E-state index contributed by atoms with van der Waals surface area (Å²) in [5.41, 5.74) is 2.17. The minimum absolute atomic E-state index is 0.0356. The number of fused-ring (bicyclic) bond motifs is 1. The zero-order chi connectivity index (χ0) is 17.2.